The van der Waals surface area contributed by atoms with E-state index in [0.29, 0.717) is 41.3 Å². The normalized spacial score (nSPS) is 13.3. The second kappa shape index (κ2) is 10.9. The lowest BCUT2D eigenvalue weighted by Gasteiger charge is -2.13. The number of nitro benzene ring substituents is 2. The number of aldehydes is 1. The molecule has 2 aromatic heterocycles. The van der Waals surface area contributed by atoms with Crippen molar-refractivity contribution in [2.75, 3.05) is 13.2 Å². The first-order valence-electron chi connectivity index (χ1n) is 11.0. The Morgan fingerprint density at radius 1 is 0.784 bits per heavy atom. The number of hydrogen-bond acceptors (Lipinski definition) is 9. The fraction of sp³-hybridized carbons (Fsp3) is 0.208. The van der Waals surface area contributed by atoms with E-state index in [1.165, 1.54) is 51.6 Å². The molecule has 13 nitrogen and oxygen atoms in total. The van der Waals surface area contributed by atoms with Gasteiger partial charge in [-0.15, -0.1) is 0 Å². The molecule has 0 radical (unpaired) electrons. The van der Waals surface area contributed by atoms with Crippen LogP contribution < -0.4 is 11.1 Å². The van der Waals surface area contributed by atoms with Crippen LogP contribution in [-0.4, -0.2) is 44.8 Å². The number of non-ortho nitro benzene ring substituents is 2. The van der Waals surface area contributed by atoms with Crippen LogP contribution in [0, 0.1) is 20.2 Å². The maximum absolute atomic E-state index is 12.0. The van der Waals surface area contributed by atoms with E-state index in [0.717, 1.165) is 0 Å². The Bertz CT molecular complexity index is 1620. The minimum Gasteiger partial charge on any atom is -0.348 e. The molecule has 0 spiro atoms. The van der Waals surface area contributed by atoms with Crippen molar-refractivity contribution in [2.45, 2.75) is 19.4 Å². The summed E-state index contributed by atoms with van der Waals surface area (Å²) in [6, 6.07) is 14.5. The molecule has 190 valence electrons. The van der Waals surface area contributed by atoms with Crippen LogP contribution in [0.2, 0.25) is 0 Å². The fourth-order valence-corrected chi connectivity index (χ4v) is 4.05. The van der Waals surface area contributed by atoms with Crippen LogP contribution >= 0.6 is 0 Å². The minimum atomic E-state index is -0.516. The van der Waals surface area contributed by atoms with E-state index < -0.39 is 16.1 Å². The van der Waals surface area contributed by atoms with Crippen molar-refractivity contribution < 1.29 is 24.1 Å². The largest absolute Gasteiger partial charge is 0.348 e. The summed E-state index contributed by atoms with van der Waals surface area (Å²) >= 11 is 0. The van der Waals surface area contributed by atoms with Crippen molar-refractivity contribution in [1.82, 2.24) is 9.13 Å². The number of nitrogens with zero attached hydrogens (tertiary/aromatic N) is 4. The summed E-state index contributed by atoms with van der Waals surface area (Å²) in [7, 11) is 0. The standard InChI is InChI=1S/C13H12N2O5.C11H8N2O4/c16-12-5-4-9-10(2-1-3-11(9)15(17)18)14(12)8-13-19-6-7-20-13;14-7-6-12-9-2-1-3-10(13(16)17)8(9)4-5-11(12)15/h1-5,13H,6-8H2;1-5,7H,6H2. The summed E-state index contributed by atoms with van der Waals surface area (Å²) in [5.41, 5.74) is 0.193. The highest BCUT2D eigenvalue weighted by molar-refractivity contribution is 5.89. The summed E-state index contributed by atoms with van der Waals surface area (Å²) in [5.74, 6) is 0. The number of rotatable bonds is 6. The fourth-order valence-electron chi connectivity index (χ4n) is 4.05. The summed E-state index contributed by atoms with van der Waals surface area (Å²) in [6.07, 6.45) is 0.0946. The highest BCUT2D eigenvalue weighted by Gasteiger charge is 2.20. The molecule has 0 saturated carbocycles. The van der Waals surface area contributed by atoms with Crippen LogP contribution in [0.5, 0.6) is 0 Å². The van der Waals surface area contributed by atoms with E-state index in [9.17, 15) is 34.6 Å². The molecule has 0 amide bonds. The van der Waals surface area contributed by atoms with Crippen molar-refractivity contribution >= 4 is 39.5 Å². The molecule has 0 N–H and O–H groups in total. The van der Waals surface area contributed by atoms with Gasteiger partial charge < -0.3 is 23.4 Å². The van der Waals surface area contributed by atoms with Gasteiger partial charge in [-0.2, -0.15) is 0 Å². The van der Waals surface area contributed by atoms with Crippen molar-refractivity contribution in [3.8, 4) is 0 Å². The van der Waals surface area contributed by atoms with Crippen LogP contribution in [-0.2, 0) is 27.4 Å². The van der Waals surface area contributed by atoms with E-state index in [-0.39, 0.29) is 35.6 Å². The summed E-state index contributed by atoms with van der Waals surface area (Å²) < 4.78 is 13.3. The monoisotopic (exact) mass is 508 g/mol. The van der Waals surface area contributed by atoms with Gasteiger partial charge in [-0.05, 0) is 24.3 Å². The van der Waals surface area contributed by atoms with E-state index in [1.54, 1.807) is 18.2 Å². The SMILES string of the molecule is O=CCn1c(=O)ccc2c([N+](=O)[O-])cccc21.O=c1ccc2c([N+](=O)[O-])cccc2n1CC1OCCO1. The molecule has 13 heteroatoms. The Labute approximate surface area is 207 Å². The highest BCUT2D eigenvalue weighted by Crippen LogP contribution is 2.25. The Kier molecular flexibility index (Phi) is 7.46. The Balaban J connectivity index is 0.000000176. The van der Waals surface area contributed by atoms with E-state index in [2.05, 4.69) is 0 Å². The third-order valence-corrected chi connectivity index (χ3v) is 5.69. The lowest BCUT2D eigenvalue weighted by atomic mass is 10.2. The molecule has 37 heavy (non-hydrogen) atoms. The number of pyridine rings is 2. The lowest BCUT2D eigenvalue weighted by Crippen LogP contribution is -2.27. The van der Waals surface area contributed by atoms with Gasteiger partial charge in [0.25, 0.3) is 22.5 Å². The van der Waals surface area contributed by atoms with Gasteiger partial charge in [0.1, 0.15) is 6.29 Å². The average Bonchev–Trinajstić information content (AvgIpc) is 3.40. The summed E-state index contributed by atoms with van der Waals surface area (Å²) in [6.45, 7) is 1.09. The van der Waals surface area contributed by atoms with Gasteiger partial charge in [0.05, 0.1) is 58.0 Å². The average molecular weight is 508 g/mol. The number of nitro groups is 2. The van der Waals surface area contributed by atoms with E-state index in [1.807, 2.05) is 0 Å². The Morgan fingerprint density at radius 2 is 1.27 bits per heavy atom. The van der Waals surface area contributed by atoms with Crippen molar-refractivity contribution in [1.29, 1.82) is 0 Å². The molecule has 0 bridgehead atoms. The van der Waals surface area contributed by atoms with Crippen molar-refractivity contribution in [3.63, 3.8) is 0 Å². The molecule has 4 aromatic rings. The zero-order valence-corrected chi connectivity index (χ0v) is 19.2. The predicted molar refractivity (Wildman–Crippen MR) is 131 cm³/mol. The van der Waals surface area contributed by atoms with Gasteiger partial charge in [0.15, 0.2) is 6.29 Å². The third kappa shape index (κ3) is 5.27. The van der Waals surface area contributed by atoms with Crippen LogP contribution in [0.3, 0.4) is 0 Å². The maximum atomic E-state index is 12.0. The molecule has 1 aliphatic heterocycles. The number of benzene rings is 2. The second-order valence-electron chi connectivity index (χ2n) is 7.84. The van der Waals surface area contributed by atoms with Gasteiger partial charge >= 0.3 is 0 Å². The first-order chi connectivity index (χ1) is 17.8. The van der Waals surface area contributed by atoms with Gasteiger partial charge in [0, 0.05) is 24.3 Å². The minimum absolute atomic E-state index is 0.0236. The van der Waals surface area contributed by atoms with Gasteiger partial charge in [-0.25, -0.2) is 0 Å². The van der Waals surface area contributed by atoms with Gasteiger partial charge in [-0.1, -0.05) is 12.1 Å². The van der Waals surface area contributed by atoms with Gasteiger partial charge in [0.2, 0.25) is 0 Å². The quantitative estimate of drug-likeness (QED) is 0.216. The number of carbonyl (C=O) groups excluding carboxylic acids is 1. The number of aromatic nitrogens is 2. The van der Waals surface area contributed by atoms with Crippen LogP contribution in [0.1, 0.15) is 0 Å². The molecule has 1 saturated heterocycles. The third-order valence-electron chi connectivity index (χ3n) is 5.69. The smallest absolute Gasteiger partial charge is 0.278 e. The van der Waals surface area contributed by atoms with Crippen molar-refractivity contribution in [3.05, 3.63) is 102 Å². The second-order valence-corrected chi connectivity index (χ2v) is 7.84. The Hall–Kier alpha value is -4.75. The van der Waals surface area contributed by atoms with Crippen LogP contribution in [0.15, 0.2) is 70.3 Å². The van der Waals surface area contributed by atoms with Crippen LogP contribution in [0.4, 0.5) is 11.4 Å². The number of carbonyl (C=O) groups is 1. The molecule has 0 atom stereocenters. The van der Waals surface area contributed by atoms with Crippen molar-refractivity contribution in [2.24, 2.45) is 0 Å². The van der Waals surface area contributed by atoms with Crippen LogP contribution in [0.25, 0.3) is 21.8 Å². The van der Waals surface area contributed by atoms with E-state index >= 15 is 0 Å². The zero-order valence-electron chi connectivity index (χ0n) is 19.2. The first kappa shape index (κ1) is 25.3. The molecule has 2 aromatic carbocycles. The molecule has 0 aliphatic carbocycles. The van der Waals surface area contributed by atoms with E-state index in [4.69, 9.17) is 9.47 Å². The van der Waals surface area contributed by atoms with Gasteiger partial charge in [-0.3, -0.25) is 29.8 Å². The molecular weight excluding hydrogens is 488 g/mol. The molecule has 3 heterocycles. The molecule has 1 fully saturated rings. The number of fused-ring (bicyclic) bond motifs is 2. The predicted octanol–water partition coefficient (Wildman–Crippen LogP) is 2.39. The number of hydrogen-bond donors (Lipinski definition) is 0. The topological polar surface area (TPSA) is 166 Å². The molecule has 0 unspecified atom stereocenters. The molecular formula is C24H20N4O9. The summed E-state index contributed by atoms with van der Waals surface area (Å²) in [5, 5.41) is 22.6. The zero-order chi connectivity index (χ0) is 26.5. The molecule has 1 aliphatic rings. The summed E-state index contributed by atoms with van der Waals surface area (Å²) in [4.78, 5) is 54.9. The highest BCUT2D eigenvalue weighted by atomic mass is 16.7. The lowest BCUT2D eigenvalue weighted by molar-refractivity contribution is -0.383. The Morgan fingerprint density at radius 3 is 1.76 bits per heavy atom. The first-order valence-corrected chi connectivity index (χ1v) is 11.0. The number of ether oxygens (including phenoxy) is 2. The molecule has 5 rings (SSSR count). The maximum Gasteiger partial charge on any atom is 0.278 e.